The van der Waals surface area contributed by atoms with Gasteiger partial charge in [0.25, 0.3) is 0 Å². The maximum Gasteiger partial charge on any atom is 0.306 e. The molecular weight excluding hydrogens is 256 g/mol. The van der Waals surface area contributed by atoms with E-state index in [9.17, 15) is 4.79 Å². The third kappa shape index (κ3) is 2.45. The number of rotatable bonds is 3. The zero-order chi connectivity index (χ0) is 14.1. The van der Waals surface area contributed by atoms with Gasteiger partial charge < -0.3 is 10.4 Å². The van der Waals surface area contributed by atoms with Gasteiger partial charge in [0.2, 0.25) is 0 Å². The SMILES string of the molecule is Cc1cc2c(NC3CCC(C(=O)O)CC3)nccn2n1. The fourth-order valence-corrected chi connectivity index (χ4v) is 2.83. The Kier molecular flexibility index (Phi) is 3.30. The second kappa shape index (κ2) is 5.11. The average Bonchev–Trinajstić information content (AvgIpc) is 2.81. The van der Waals surface area contributed by atoms with E-state index in [1.54, 1.807) is 6.20 Å². The number of carboxylic acid groups (broad SMARTS) is 1. The second-order valence-electron chi connectivity index (χ2n) is 5.42. The van der Waals surface area contributed by atoms with E-state index in [-0.39, 0.29) is 5.92 Å². The van der Waals surface area contributed by atoms with Gasteiger partial charge in [-0.05, 0) is 38.7 Å². The molecule has 106 valence electrons. The Bertz CT molecular complexity index is 629. The molecule has 1 aliphatic carbocycles. The molecule has 0 spiro atoms. The van der Waals surface area contributed by atoms with Gasteiger partial charge in [-0.15, -0.1) is 0 Å². The van der Waals surface area contributed by atoms with Crippen molar-refractivity contribution in [3.63, 3.8) is 0 Å². The summed E-state index contributed by atoms with van der Waals surface area (Å²) < 4.78 is 1.81. The predicted octanol–water partition coefficient (Wildman–Crippen LogP) is 2.09. The Morgan fingerprint density at radius 1 is 1.40 bits per heavy atom. The normalized spacial score (nSPS) is 22.9. The zero-order valence-corrected chi connectivity index (χ0v) is 11.4. The maximum atomic E-state index is 11.0. The van der Waals surface area contributed by atoms with E-state index in [2.05, 4.69) is 15.4 Å². The predicted molar refractivity (Wildman–Crippen MR) is 74.7 cm³/mol. The lowest BCUT2D eigenvalue weighted by Gasteiger charge is -2.27. The number of aryl methyl sites for hydroxylation is 1. The summed E-state index contributed by atoms with van der Waals surface area (Å²) in [4.78, 5) is 15.3. The van der Waals surface area contributed by atoms with Crippen molar-refractivity contribution >= 4 is 17.3 Å². The van der Waals surface area contributed by atoms with E-state index in [0.29, 0.717) is 6.04 Å². The van der Waals surface area contributed by atoms with Crippen LogP contribution in [0.2, 0.25) is 0 Å². The summed E-state index contributed by atoms with van der Waals surface area (Å²) in [5.41, 5.74) is 1.92. The molecule has 1 fully saturated rings. The summed E-state index contributed by atoms with van der Waals surface area (Å²) in [6.07, 6.45) is 6.75. The minimum Gasteiger partial charge on any atom is -0.481 e. The van der Waals surface area contributed by atoms with Crippen LogP contribution in [0.1, 0.15) is 31.4 Å². The van der Waals surface area contributed by atoms with Crippen molar-refractivity contribution in [1.29, 1.82) is 0 Å². The van der Waals surface area contributed by atoms with Crippen LogP contribution in [0, 0.1) is 12.8 Å². The molecule has 0 aromatic carbocycles. The minimum absolute atomic E-state index is 0.186. The number of anilines is 1. The molecule has 2 heterocycles. The summed E-state index contributed by atoms with van der Waals surface area (Å²) in [5.74, 6) is -0.0315. The second-order valence-corrected chi connectivity index (χ2v) is 5.42. The Morgan fingerprint density at radius 3 is 2.85 bits per heavy atom. The minimum atomic E-state index is -0.671. The first kappa shape index (κ1) is 12.9. The quantitative estimate of drug-likeness (QED) is 0.896. The molecule has 6 heteroatoms. The van der Waals surface area contributed by atoms with Gasteiger partial charge in [-0.2, -0.15) is 5.10 Å². The molecule has 1 saturated carbocycles. The molecule has 2 N–H and O–H groups in total. The Hall–Kier alpha value is -2.11. The lowest BCUT2D eigenvalue weighted by atomic mass is 9.86. The molecular formula is C14H18N4O2. The third-order valence-corrected chi connectivity index (χ3v) is 3.93. The highest BCUT2D eigenvalue weighted by Crippen LogP contribution is 2.27. The van der Waals surface area contributed by atoms with Crippen LogP contribution >= 0.6 is 0 Å². The number of nitrogens with one attached hydrogen (secondary N) is 1. The number of fused-ring (bicyclic) bond motifs is 1. The van der Waals surface area contributed by atoms with Crippen molar-refractivity contribution in [2.75, 3.05) is 5.32 Å². The van der Waals surface area contributed by atoms with Crippen molar-refractivity contribution < 1.29 is 9.90 Å². The molecule has 0 bridgehead atoms. The Balaban J connectivity index is 1.73. The molecule has 0 saturated heterocycles. The van der Waals surface area contributed by atoms with Gasteiger partial charge in [-0.1, -0.05) is 0 Å². The molecule has 2 aromatic heterocycles. The van der Waals surface area contributed by atoms with Gasteiger partial charge in [0.15, 0.2) is 5.82 Å². The van der Waals surface area contributed by atoms with Crippen molar-refractivity contribution in [2.45, 2.75) is 38.6 Å². The highest BCUT2D eigenvalue weighted by atomic mass is 16.4. The van der Waals surface area contributed by atoms with Crippen LogP contribution in [-0.2, 0) is 4.79 Å². The van der Waals surface area contributed by atoms with Gasteiger partial charge >= 0.3 is 5.97 Å². The largest absolute Gasteiger partial charge is 0.481 e. The first-order chi connectivity index (χ1) is 9.63. The molecule has 2 aromatic rings. The number of carboxylic acids is 1. The molecule has 6 nitrogen and oxygen atoms in total. The summed E-state index contributed by atoms with van der Waals surface area (Å²) in [6.45, 7) is 1.95. The van der Waals surface area contributed by atoms with Gasteiger partial charge in [0, 0.05) is 18.4 Å². The average molecular weight is 274 g/mol. The highest BCUT2D eigenvalue weighted by Gasteiger charge is 2.26. The molecule has 1 aliphatic rings. The number of hydrogen-bond donors (Lipinski definition) is 2. The van der Waals surface area contributed by atoms with E-state index >= 15 is 0 Å². The van der Waals surface area contributed by atoms with Crippen molar-refractivity contribution in [2.24, 2.45) is 5.92 Å². The molecule has 0 atom stereocenters. The Labute approximate surface area is 116 Å². The topological polar surface area (TPSA) is 79.5 Å². The molecule has 0 aliphatic heterocycles. The zero-order valence-electron chi connectivity index (χ0n) is 11.4. The van der Waals surface area contributed by atoms with Gasteiger partial charge in [-0.3, -0.25) is 4.79 Å². The lowest BCUT2D eigenvalue weighted by Crippen LogP contribution is -2.29. The molecule has 0 amide bonds. The summed E-state index contributed by atoms with van der Waals surface area (Å²) in [7, 11) is 0. The summed E-state index contributed by atoms with van der Waals surface area (Å²) in [6, 6.07) is 2.29. The van der Waals surface area contributed by atoms with Crippen molar-refractivity contribution in [3.05, 3.63) is 24.2 Å². The monoisotopic (exact) mass is 274 g/mol. The number of carbonyl (C=O) groups is 1. The molecule has 20 heavy (non-hydrogen) atoms. The van der Waals surface area contributed by atoms with E-state index in [0.717, 1.165) is 42.7 Å². The molecule has 0 radical (unpaired) electrons. The highest BCUT2D eigenvalue weighted by molar-refractivity contribution is 5.70. The molecule has 3 rings (SSSR count). The molecule has 0 unspecified atom stereocenters. The lowest BCUT2D eigenvalue weighted by molar-refractivity contribution is -0.142. The number of aromatic nitrogens is 3. The summed E-state index contributed by atoms with van der Waals surface area (Å²) >= 11 is 0. The number of hydrogen-bond acceptors (Lipinski definition) is 4. The van der Waals surface area contributed by atoms with Crippen molar-refractivity contribution in [3.8, 4) is 0 Å². The standard InChI is InChI=1S/C14H18N4O2/c1-9-8-12-13(15-6-7-18(12)17-9)16-11-4-2-10(3-5-11)14(19)20/h6-8,10-11H,2-5H2,1H3,(H,15,16)(H,19,20). The van der Waals surface area contributed by atoms with E-state index < -0.39 is 5.97 Å². The first-order valence-corrected chi connectivity index (χ1v) is 6.94. The maximum absolute atomic E-state index is 11.0. The van der Waals surface area contributed by atoms with Crippen LogP contribution < -0.4 is 5.32 Å². The smallest absolute Gasteiger partial charge is 0.306 e. The van der Waals surface area contributed by atoms with Crippen LogP contribution in [0.15, 0.2) is 18.5 Å². The van der Waals surface area contributed by atoms with Gasteiger partial charge in [-0.25, -0.2) is 9.50 Å². The van der Waals surface area contributed by atoms with E-state index in [1.807, 2.05) is 23.7 Å². The van der Waals surface area contributed by atoms with E-state index in [1.165, 1.54) is 0 Å². The van der Waals surface area contributed by atoms with E-state index in [4.69, 9.17) is 5.11 Å². The first-order valence-electron chi connectivity index (χ1n) is 6.94. The van der Waals surface area contributed by atoms with Crippen LogP contribution in [0.5, 0.6) is 0 Å². The van der Waals surface area contributed by atoms with Gasteiger partial charge in [0.1, 0.15) is 5.52 Å². The van der Waals surface area contributed by atoms with Crippen molar-refractivity contribution in [1.82, 2.24) is 14.6 Å². The fourth-order valence-electron chi connectivity index (χ4n) is 2.83. The summed E-state index contributed by atoms with van der Waals surface area (Å²) in [5, 5.41) is 16.8. The Morgan fingerprint density at radius 2 is 2.15 bits per heavy atom. The van der Waals surface area contributed by atoms with Crippen LogP contribution in [-0.4, -0.2) is 31.7 Å². The fraction of sp³-hybridized carbons (Fsp3) is 0.500. The number of aliphatic carboxylic acids is 1. The third-order valence-electron chi connectivity index (χ3n) is 3.93. The van der Waals surface area contributed by atoms with Gasteiger partial charge in [0.05, 0.1) is 11.6 Å². The number of nitrogens with zero attached hydrogens (tertiary/aromatic N) is 3. The van der Waals surface area contributed by atoms with Crippen LogP contribution in [0.4, 0.5) is 5.82 Å². The van der Waals surface area contributed by atoms with Crippen LogP contribution in [0.3, 0.4) is 0 Å². The van der Waals surface area contributed by atoms with Crippen LogP contribution in [0.25, 0.3) is 5.52 Å².